The monoisotopic (exact) mass is 435 g/mol. The summed E-state index contributed by atoms with van der Waals surface area (Å²) >= 11 is 1.48. The Hall–Kier alpha value is -2.10. The third-order valence-electron chi connectivity index (χ3n) is 5.38. The first-order chi connectivity index (χ1) is 13.4. The molecule has 29 heavy (non-hydrogen) atoms. The van der Waals surface area contributed by atoms with E-state index >= 15 is 0 Å². The highest BCUT2D eigenvalue weighted by molar-refractivity contribution is 7.98. The number of hydrazone groups is 2. The number of rotatable bonds is 4. The molecule has 3 aliphatic rings. The fourth-order valence-corrected chi connectivity index (χ4v) is 4.72. The molecule has 1 aromatic rings. The number of likely N-dealkylation sites (N-methyl/N-ethyl adjacent to an activating group) is 1. The Labute approximate surface area is 181 Å². The molecule has 3 heterocycles. The minimum absolute atomic E-state index is 0. The quantitative estimate of drug-likeness (QED) is 0.729. The Morgan fingerprint density at radius 2 is 2.07 bits per heavy atom. The summed E-state index contributed by atoms with van der Waals surface area (Å²) in [5.74, 6) is 2.12. The first-order valence-corrected chi connectivity index (χ1v) is 10.1. The van der Waals surface area contributed by atoms with Gasteiger partial charge in [0.15, 0.2) is 5.84 Å². The van der Waals surface area contributed by atoms with Crippen molar-refractivity contribution in [1.29, 1.82) is 0 Å². The standard InChI is InChI=1S/C19H25N7OS.ClH/c1-10-7-21-14(11(2)18(10)27-5)8-26-22-13-6-15(25(3)4)12-9-28-24-19(20)17(23-26)16(12)13;/h7,15H,6,8-9H2,1-5H3,(H2,20,24);1H. The first-order valence-electron chi connectivity index (χ1n) is 9.19. The van der Waals surface area contributed by atoms with Crippen LogP contribution in [-0.4, -0.2) is 65.3 Å². The van der Waals surface area contributed by atoms with Crippen molar-refractivity contribution in [2.24, 2.45) is 20.3 Å². The minimum Gasteiger partial charge on any atom is -0.496 e. The number of aromatic nitrogens is 1. The predicted molar refractivity (Wildman–Crippen MR) is 121 cm³/mol. The van der Waals surface area contributed by atoms with E-state index in [2.05, 4.69) is 28.4 Å². The molecule has 1 unspecified atom stereocenters. The molecule has 1 atom stereocenters. The van der Waals surface area contributed by atoms with E-state index in [1.807, 2.05) is 20.0 Å². The average Bonchev–Trinajstić information content (AvgIpc) is 2.94. The number of pyridine rings is 1. The SMILES string of the molecule is COc1c(C)cnc(CN2N=C3CC(N(C)C)C4=C3C(=N2)C(N)=NSC4)c1C.Cl. The second-order valence-electron chi connectivity index (χ2n) is 7.41. The average molecular weight is 436 g/mol. The summed E-state index contributed by atoms with van der Waals surface area (Å²) in [4.78, 5) is 6.81. The molecule has 1 aliphatic carbocycles. The van der Waals surface area contributed by atoms with E-state index in [0.717, 1.165) is 51.7 Å². The number of methoxy groups -OCH3 is 1. The largest absolute Gasteiger partial charge is 0.496 e. The van der Waals surface area contributed by atoms with Crippen LogP contribution in [0.15, 0.2) is 31.9 Å². The van der Waals surface area contributed by atoms with E-state index in [4.69, 9.17) is 20.7 Å². The van der Waals surface area contributed by atoms with Crippen LogP contribution in [0.25, 0.3) is 0 Å². The zero-order chi connectivity index (χ0) is 20.0. The van der Waals surface area contributed by atoms with Crippen molar-refractivity contribution in [2.75, 3.05) is 27.0 Å². The normalized spacial score (nSPS) is 20.6. The van der Waals surface area contributed by atoms with E-state index in [-0.39, 0.29) is 12.4 Å². The Kier molecular flexibility index (Phi) is 6.21. The molecule has 156 valence electrons. The van der Waals surface area contributed by atoms with Crippen molar-refractivity contribution in [1.82, 2.24) is 15.0 Å². The van der Waals surface area contributed by atoms with Crippen LogP contribution in [0.4, 0.5) is 0 Å². The maximum Gasteiger partial charge on any atom is 0.160 e. The highest BCUT2D eigenvalue weighted by Crippen LogP contribution is 2.36. The van der Waals surface area contributed by atoms with Gasteiger partial charge in [0, 0.05) is 41.1 Å². The van der Waals surface area contributed by atoms with Crippen molar-refractivity contribution >= 4 is 41.6 Å². The maximum absolute atomic E-state index is 6.25. The van der Waals surface area contributed by atoms with Crippen LogP contribution in [-0.2, 0) is 6.54 Å². The van der Waals surface area contributed by atoms with Gasteiger partial charge in [-0.25, -0.2) is 0 Å². The fraction of sp³-hybridized carbons (Fsp3) is 0.474. The smallest absolute Gasteiger partial charge is 0.160 e. The predicted octanol–water partition coefficient (Wildman–Crippen LogP) is 2.31. The molecule has 10 heteroatoms. The molecule has 8 nitrogen and oxygen atoms in total. The molecule has 0 aromatic carbocycles. The lowest BCUT2D eigenvalue weighted by Gasteiger charge is -2.23. The van der Waals surface area contributed by atoms with Gasteiger partial charge in [0.2, 0.25) is 0 Å². The number of ether oxygens (including phenoxy) is 1. The molecule has 2 N–H and O–H groups in total. The van der Waals surface area contributed by atoms with Gasteiger partial charge in [0.25, 0.3) is 0 Å². The molecule has 4 rings (SSSR count). The Morgan fingerprint density at radius 1 is 1.31 bits per heavy atom. The summed E-state index contributed by atoms with van der Waals surface area (Å²) in [5, 5.41) is 11.2. The summed E-state index contributed by atoms with van der Waals surface area (Å²) < 4.78 is 9.95. The molecule has 2 aliphatic heterocycles. The highest BCUT2D eigenvalue weighted by Gasteiger charge is 2.39. The van der Waals surface area contributed by atoms with Crippen molar-refractivity contribution in [2.45, 2.75) is 32.9 Å². The number of amidine groups is 1. The highest BCUT2D eigenvalue weighted by atomic mass is 35.5. The molecule has 0 saturated carbocycles. The molecule has 0 spiro atoms. The van der Waals surface area contributed by atoms with Crippen molar-refractivity contribution in [3.05, 3.63) is 34.2 Å². The molecule has 0 bridgehead atoms. The third kappa shape index (κ3) is 3.74. The van der Waals surface area contributed by atoms with Crippen LogP contribution in [0, 0.1) is 13.8 Å². The lowest BCUT2D eigenvalue weighted by atomic mass is 10.0. The topological polar surface area (TPSA) is 91.7 Å². The fourth-order valence-electron chi connectivity index (χ4n) is 3.96. The van der Waals surface area contributed by atoms with Crippen molar-refractivity contribution in [3.8, 4) is 5.75 Å². The molecular formula is C19H26ClN7OS. The van der Waals surface area contributed by atoms with Crippen LogP contribution in [0.3, 0.4) is 0 Å². The van der Waals surface area contributed by atoms with Gasteiger partial charge in [-0.3, -0.25) is 4.98 Å². The van der Waals surface area contributed by atoms with E-state index < -0.39 is 0 Å². The second kappa shape index (κ2) is 8.33. The Balaban J connectivity index is 0.00000240. The molecule has 0 fully saturated rings. The van der Waals surface area contributed by atoms with E-state index in [9.17, 15) is 0 Å². The second-order valence-corrected chi connectivity index (χ2v) is 8.14. The van der Waals surface area contributed by atoms with Gasteiger partial charge in [-0.05, 0) is 45.5 Å². The number of nitrogens with two attached hydrogens (primary N) is 1. The Morgan fingerprint density at radius 3 is 2.76 bits per heavy atom. The molecule has 0 radical (unpaired) electrons. The lowest BCUT2D eigenvalue weighted by molar-refractivity contribution is 0.286. The number of aryl methyl sites for hydroxylation is 1. The van der Waals surface area contributed by atoms with Gasteiger partial charge < -0.3 is 15.4 Å². The molecular weight excluding hydrogens is 410 g/mol. The van der Waals surface area contributed by atoms with Crippen LogP contribution >= 0.6 is 24.4 Å². The summed E-state index contributed by atoms with van der Waals surface area (Å²) in [6.07, 6.45) is 2.68. The van der Waals surface area contributed by atoms with Gasteiger partial charge >= 0.3 is 0 Å². The Bertz CT molecular complexity index is 954. The summed E-state index contributed by atoms with van der Waals surface area (Å²) in [5.41, 5.74) is 13.3. The molecule has 0 amide bonds. The third-order valence-corrected chi connectivity index (χ3v) is 6.14. The number of hydrogen-bond donors (Lipinski definition) is 1. The number of hydrogen-bond acceptors (Lipinski definition) is 9. The van der Waals surface area contributed by atoms with Gasteiger partial charge in [0.05, 0.1) is 18.5 Å². The number of halogens is 1. The van der Waals surface area contributed by atoms with Crippen molar-refractivity contribution < 1.29 is 4.74 Å². The van der Waals surface area contributed by atoms with Gasteiger partial charge in [0.1, 0.15) is 18.0 Å². The zero-order valence-corrected chi connectivity index (χ0v) is 18.9. The van der Waals surface area contributed by atoms with Crippen LogP contribution in [0.1, 0.15) is 23.2 Å². The van der Waals surface area contributed by atoms with Crippen LogP contribution in [0.2, 0.25) is 0 Å². The van der Waals surface area contributed by atoms with Crippen molar-refractivity contribution in [3.63, 3.8) is 0 Å². The first kappa shape index (κ1) is 21.6. The van der Waals surface area contributed by atoms with Crippen LogP contribution in [0.5, 0.6) is 5.75 Å². The summed E-state index contributed by atoms with van der Waals surface area (Å²) in [6, 6.07) is 0.298. The van der Waals surface area contributed by atoms with Gasteiger partial charge in [-0.15, -0.1) is 12.4 Å². The van der Waals surface area contributed by atoms with Gasteiger partial charge in [-0.2, -0.15) is 19.7 Å². The summed E-state index contributed by atoms with van der Waals surface area (Å²) in [7, 11) is 5.87. The maximum atomic E-state index is 6.25. The zero-order valence-electron chi connectivity index (χ0n) is 17.3. The molecule has 1 aromatic heterocycles. The van der Waals surface area contributed by atoms with E-state index in [1.165, 1.54) is 17.5 Å². The minimum atomic E-state index is 0. The van der Waals surface area contributed by atoms with E-state index in [1.54, 1.807) is 12.2 Å². The van der Waals surface area contributed by atoms with Gasteiger partial charge in [-0.1, -0.05) is 0 Å². The lowest BCUT2D eigenvalue weighted by Crippen LogP contribution is -2.33. The summed E-state index contributed by atoms with van der Waals surface area (Å²) in [6.45, 7) is 4.45. The number of nitrogens with zero attached hydrogens (tertiary/aromatic N) is 6. The van der Waals surface area contributed by atoms with E-state index in [0.29, 0.717) is 18.4 Å². The van der Waals surface area contributed by atoms with Crippen LogP contribution < -0.4 is 10.5 Å². The molecule has 0 saturated heterocycles.